The first-order valence-electron chi connectivity index (χ1n) is 7.57. The Labute approximate surface area is 134 Å². The number of pyridine rings is 2. The summed E-state index contributed by atoms with van der Waals surface area (Å²) >= 11 is 0. The van der Waals surface area contributed by atoms with E-state index in [4.69, 9.17) is 4.74 Å². The average molecular weight is 313 g/mol. The minimum atomic E-state index is -0.293. The zero-order valence-corrected chi connectivity index (χ0v) is 12.8. The molecule has 1 saturated carbocycles. The quantitative estimate of drug-likeness (QED) is 0.878. The predicted octanol–water partition coefficient (Wildman–Crippen LogP) is 1.73. The first-order chi connectivity index (χ1) is 11.2. The molecule has 0 unspecified atom stereocenters. The van der Waals surface area contributed by atoms with Crippen molar-refractivity contribution in [2.75, 3.05) is 7.11 Å². The fraction of sp³-hybridized carbons (Fsp3) is 0.353. The lowest BCUT2D eigenvalue weighted by Crippen LogP contribution is -2.42. The number of aromatic nitrogens is 2. The molecule has 120 valence electrons. The molecule has 23 heavy (non-hydrogen) atoms. The van der Waals surface area contributed by atoms with Crippen LogP contribution in [0.2, 0.25) is 0 Å². The van der Waals surface area contributed by atoms with Crippen molar-refractivity contribution in [3.8, 4) is 5.75 Å². The van der Waals surface area contributed by atoms with Crippen LogP contribution in [0, 0.1) is 5.92 Å². The van der Waals surface area contributed by atoms with Gasteiger partial charge in [0.25, 0.3) is 5.91 Å². The molecule has 2 N–H and O–H groups in total. The second-order valence-electron chi connectivity index (χ2n) is 5.67. The van der Waals surface area contributed by atoms with Crippen molar-refractivity contribution < 1.29 is 14.6 Å². The van der Waals surface area contributed by atoms with E-state index < -0.39 is 0 Å². The van der Waals surface area contributed by atoms with E-state index in [2.05, 4.69) is 15.3 Å². The molecule has 0 saturated heterocycles. The minimum Gasteiger partial charge on any atom is -0.497 e. The summed E-state index contributed by atoms with van der Waals surface area (Å²) in [4.78, 5) is 20.9. The first kappa shape index (κ1) is 15.4. The van der Waals surface area contributed by atoms with E-state index in [-0.39, 0.29) is 24.0 Å². The maximum absolute atomic E-state index is 12.5. The zero-order valence-electron chi connectivity index (χ0n) is 12.8. The lowest BCUT2D eigenvalue weighted by atomic mass is 9.76. The van der Waals surface area contributed by atoms with Gasteiger partial charge < -0.3 is 15.2 Å². The highest BCUT2D eigenvalue weighted by atomic mass is 16.5. The molecule has 1 aliphatic carbocycles. The number of carbonyl (C=O) groups excluding carboxylic acids is 1. The van der Waals surface area contributed by atoms with Crippen LogP contribution in [-0.4, -0.2) is 34.2 Å². The largest absolute Gasteiger partial charge is 0.497 e. The Kier molecular flexibility index (Phi) is 4.52. The third-order valence-corrected chi connectivity index (χ3v) is 4.11. The van der Waals surface area contributed by atoms with Gasteiger partial charge in [-0.25, -0.2) is 0 Å². The van der Waals surface area contributed by atoms with Gasteiger partial charge in [0.1, 0.15) is 11.4 Å². The third kappa shape index (κ3) is 3.48. The lowest BCUT2D eigenvalue weighted by molar-refractivity contribution is 0.0227. The second-order valence-corrected chi connectivity index (χ2v) is 5.67. The number of amides is 1. The topological polar surface area (TPSA) is 84.3 Å². The van der Waals surface area contributed by atoms with Gasteiger partial charge in [-0.1, -0.05) is 6.07 Å². The number of carbonyl (C=O) groups is 1. The molecule has 1 aliphatic rings. The number of rotatable bonds is 5. The van der Waals surface area contributed by atoms with Gasteiger partial charge in [-0.15, -0.1) is 0 Å². The van der Waals surface area contributed by atoms with Crippen LogP contribution in [0.5, 0.6) is 5.75 Å². The summed E-state index contributed by atoms with van der Waals surface area (Å²) < 4.78 is 5.12. The number of hydrogen-bond donors (Lipinski definition) is 2. The van der Waals surface area contributed by atoms with Crippen molar-refractivity contribution in [2.45, 2.75) is 25.0 Å². The number of nitrogens with zero attached hydrogens (tertiary/aromatic N) is 2. The van der Waals surface area contributed by atoms with E-state index in [1.807, 2.05) is 18.2 Å². The van der Waals surface area contributed by atoms with Crippen molar-refractivity contribution in [1.29, 1.82) is 0 Å². The SMILES string of the molecule is COc1ccnc(C(=O)N[C@@H](c2ccccn2)C2CC(O)C2)c1. The van der Waals surface area contributed by atoms with Crippen LogP contribution in [0.4, 0.5) is 0 Å². The standard InChI is InChI=1S/C17H19N3O3/c1-23-13-5-7-19-15(10-13)17(22)20-16(11-8-12(21)9-11)14-4-2-3-6-18-14/h2-7,10-12,16,21H,8-9H2,1H3,(H,20,22)/t11?,12?,16-/m1/s1. The van der Waals surface area contributed by atoms with Crippen LogP contribution in [0.15, 0.2) is 42.7 Å². The molecule has 0 aliphatic heterocycles. The predicted molar refractivity (Wildman–Crippen MR) is 84.0 cm³/mol. The van der Waals surface area contributed by atoms with Crippen LogP contribution in [0.1, 0.15) is 35.1 Å². The van der Waals surface area contributed by atoms with Gasteiger partial charge in [-0.3, -0.25) is 14.8 Å². The second kappa shape index (κ2) is 6.75. The van der Waals surface area contributed by atoms with E-state index >= 15 is 0 Å². The Morgan fingerprint density at radius 2 is 2.13 bits per heavy atom. The van der Waals surface area contributed by atoms with Crippen LogP contribution in [0.25, 0.3) is 0 Å². The molecule has 6 heteroatoms. The van der Waals surface area contributed by atoms with Gasteiger partial charge in [-0.2, -0.15) is 0 Å². The molecule has 2 aromatic rings. The highest BCUT2D eigenvalue weighted by Crippen LogP contribution is 2.37. The molecule has 2 heterocycles. The number of methoxy groups -OCH3 is 1. The Morgan fingerprint density at radius 3 is 2.78 bits per heavy atom. The van der Waals surface area contributed by atoms with Crippen LogP contribution >= 0.6 is 0 Å². The molecule has 1 fully saturated rings. The summed E-state index contributed by atoms with van der Waals surface area (Å²) in [6.07, 6.45) is 4.27. The summed E-state index contributed by atoms with van der Waals surface area (Å²) in [6, 6.07) is 8.66. The Bertz CT molecular complexity index is 672. The summed E-state index contributed by atoms with van der Waals surface area (Å²) in [7, 11) is 1.55. The Morgan fingerprint density at radius 1 is 1.30 bits per heavy atom. The molecular weight excluding hydrogens is 294 g/mol. The fourth-order valence-corrected chi connectivity index (χ4v) is 2.77. The summed E-state index contributed by atoms with van der Waals surface area (Å²) in [5, 5.41) is 12.6. The first-order valence-corrected chi connectivity index (χ1v) is 7.57. The normalized spacial score (nSPS) is 21.1. The third-order valence-electron chi connectivity index (χ3n) is 4.11. The van der Waals surface area contributed by atoms with E-state index in [0.29, 0.717) is 24.3 Å². The van der Waals surface area contributed by atoms with Gasteiger partial charge in [0.2, 0.25) is 0 Å². The molecule has 3 rings (SSSR count). The smallest absolute Gasteiger partial charge is 0.270 e. The molecule has 0 bridgehead atoms. The molecule has 2 aromatic heterocycles. The number of aliphatic hydroxyl groups is 1. The molecule has 0 radical (unpaired) electrons. The molecule has 0 spiro atoms. The molecule has 1 amide bonds. The van der Waals surface area contributed by atoms with Gasteiger partial charge in [0, 0.05) is 18.5 Å². The number of nitrogens with one attached hydrogen (secondary N) is 1. The fourth-order valence-electron chi connectivity index (χ4n) is 2.77. The van der Waals surface area contributed by atoms with Gasteiger partial charge in [-0.05, 0) is 37.0 Å². The van der Waals surface area contributed by atoms with E-state index in [1.165, 1.54) is 6.20 Å². The number of ether oxygens (including phenoxy) is 1. The Balaban J connectivity index is 1.79. The minimum absolute atomic E-state index is 0.175. The molecule has 0 aromatic carbocycles. The van der Waals surface area contributed by atoms with Crippen LogP contribution in [-0.2, 0) is 0 Å². The summed E-state index contributed by atoms with van der Waals surface area (Å²) in [5.74, 6) is 0.481. The van der Waals surface area contributed by atoms with E-state index in [0.717, 1.165) is 5.69 Å². The average Bonchev–Trinajstić information content (AvgIpc) is 2.58. The highest BCUT2D eigenvalue weighted by Gasteiger charge is 2.36. The Hall–Kier alpha value is -2.47. The van der Waals surface area contributed by atoms with Crippen molar-refractivity contribution in [3.05, 3.63) is 54.1 Å². The molecular formula is C17H19N3O3. The maximum Gasteiger partial charge on any atom is 0.270 e. The van der Waals surface area contributed by atoms with Crippen LogP contribution in [0.3, 0.4) is 0 Å². The van der Waals surface area contributed by atoms with Gasteiger partial charge in [0.05, 0.1) is 24.9 Å². The van der Waals surface area contributed by atoms with Crippen molar-refractivity contribution in [2.24, 2.45) is 5.92 Å². The van der Waals surface area contributed by atoms with Gasteiger partial charge >= 0.3 is 0 Å². The summed E-state index contributed by atoms with van der Waals surface area (Å²) in [5.41, 5.74) is 1.09. The summed E-state index contributed by atoms with van der Waals surface area (Å²) in [6.45, 7) is 0. The van der Waals surface area contributed by atoms with Crippen molar-refractivity contribution in [3.63, 3.8) is 0 Å². The van der Waals surface area contributed by atoms with E-state index in [1.54, 1.807) is 25.4 Å². The monoisotopic (exact) mass is 313 g/mol. The molecule has 6 nitrogen and oxygen atoms in total. The van der Waals surface area contributed by atoms with Crippen molar-refractivity contribution >= 4 is 5.91 Å². The van der Waals surface area contributed by atoms with Crippen LogP contribution < -0.4 is 10.1 Å². The number of aliphatic hydroxyl groups excluding tert-OH is 1. The highest BCUT2D eigenvalue weighted by molar-refractivity contribution is 5.92. The molecule has 1 atom stereocenters. The van der Waals surface area contributed by atoms with Gasteiger partial charge in [0.15, 0.2) is 0 Å². The van der Waals surface area contributed by atoms with Crippen molar-refractivity contribution in [1.82, 2.24) is 15.3 Å². The number of hydrogen-bond acceptors (Lipinski definition) is 5. The zero-order chi connectivity index (χ0) is 16.2. The lowest BCUT2D eigenvalue weighted by Gasteiger charge is -2.37. The maximum atomic E-state index is 12.5. The van der Waals surface area contributed by atoms with E-state index in [9.17, 15) is 9.90 Å².